The number of alkyl halides is 3. The van der Waals surface area contributed by atoms with Crippen molar-refractivity contribution in [2.75, 3.05) is 11.9 Å². The molecular formula is C18H18F3N5O2S. The van der Waals surface area contributed by atoms with Crippen molar-refractivity contribution in [3.63, 3.8) is 0 Å². The number of quaternary nitrogens is 1. The van der Waals surface area contributed by atoms with Crippen LogP contribution >= 0.6 is 11.3 Å². The summed E-state index contributed by atoms with van der Waals surface area (Å²) in [6.45, 7) is 5.67. The van der Waals surface area contributed by atoms with E-state index < -0.39 is 17.9 Å². The van der Waals surface area contributed by atoms with E-state index in [0.29, 0.717) is 23.2 Å². The highest BCUT2D eigenvalue weighted by atomic mass is 32.1. The summed E-state index contributed by atoms with van der Waals surface area (Å²) in [7, 11) is 0. The van der Waals surface area contributed by atoms with Gasteiger partial charge in [0.05, 0.1) is 0 Å². The number of urea groups is 1. The van der Waals surface area contributed by atoms with Crippen LogP contribution in [0.15, 0.2) is 48.7 Å². The van der Waals surface area contributed by atoms with Gasteiger partial charge in [-0.05, 0) is 19.1 Å². The lowest BCUT2D eigenvalue weighted by molar-refractivity contribution is -0.513. The second-order valence-electron chi connectivity index (χ2n) is 5.49. The summed E-state index contributed by atoms with van der Waals surface area (Å²) in [5.41, 5.74) is 0.585. The van der Waals surface area contributed by atoms with Gasteiger partial charge in [-0.25, -0.2) is 14.8 Å². The molecule has 2 rings (SSSR count). The van der Waals surface area contributed by atoms with Crippen molar-refractivity contribution in [2.45, 2.75) is 13.1 Å². The van der Waals surface area contributed by atoms with Gasteiger partial charge in [-0.15, -0.1) is 11.3 Å². The first-order valence-electron chi connectivity index (χ1n) is 8.33. The molecule has 0 aliphatic rings. The van der Waals surface area contributed by atoms with E-state index in [-0.39, 0.29) is 16.4 Å². The molecule has 29 heavy (non-hydrogen) atoms. The number of hydrogen-bond acceptors (Lipinski definition) is 5. The van der Waals surface area contributed by atoms with Crippen LogP contribution < -0.4 is 16.1 Å². The minimum atomic E-state index is -4.59. The minimum Gasteiger partial charge on any atom is -0.631 e. The number of hydrogen-bond donors (Lipinski definition) is 3. The Morgan fingerprint density at radius 1 is 1.45 bits per heavy atom. The summed E-state index contributed by atoms with van der Waals surface area (Å²) in [5.74, 6) is 0.122. The molecule has 0 saturated carbocycles. The fourth-order valence-corrected chi connectivity index (χ4v) is 3.12. The molecule has 2 aromatic heterocycles. The normalized spacial score (nSPS) is 12.2. The second kappa shape index (κ2) is 9.96. The average Bonchev–Trinajstić information content (AvgIpc) is 3.16. The van der Waals surface area contributed by atoms with Gasteiger partial charge in [0.1, 0.15) is 17.0 Å². The van der Waals surface area contributed by atoms with E-state index in [1.807, 2.05) is 0 Å². The molecule has 0 aliphatic heterocycles. The number of thiazole rings is 1. The Morgan fingerprint density at radius 2 is 2.21 bits per heavy atom. The zero-order valence-electron chi connectivity index (χ0n) is 15.3. The summed E-state index contributed by atoms with van der Waals surface area (Å²) in [4.78, 5) is 19.5. The van der Waals surface area contributed by atoms with Gasteiger partial charge in [-0.1, -0.05) is 18.7 Å². The van der Waals surface area contributed by atoms with Gasteiger partial charge in [0, 0.05) is 34.8 Å². The molecule has 154 valence electrons. The number of anilines is 1. The maximum absolute atomic E-state index is 13.0. The van der Waals surface area contributed by atoms with Crippen molar-refractivity contribution in [3.8, 4) is 10.6 Å². The minimum absolute atomic E-state index is 0.0671. The maximum Gasteiger partial charge on any atom is 0.434 e. The lowest BCUT2D eigenvalue weighted by Gasteiger charge is -2.11. The Balaban J connectivity index is 2.59. The largest absolute Gasteiger partial charge is 0.631 e. The van der Waals surface area contributed by atoms with E-state index >= 15 is 0 Å². The molecule has 0 spiro atoms. The van der Waals surface area contributed by atoms with Gasteiger partial charge in [-0.2, -0.15) is 13.2 Å². The highest BCUT2D eigenvalue weighted by molar-refractivity contribution is 7.13. The number of carbonyl (C=O) groups excluding carboxylic acids is 1. The molecule has 0 bridgehead atoms. The first-order valence-corrected chi connectivity index (χ1v) is 9.21. The monoisotopic (exact) mass is 425 g/mol. The Hall–Kier alpha value is -3.02. The van der Waals surface area contributed by atoms with Crippen LogP contribution in [0.5, 0.6) is 0 Å². The third-order valence-electron chi connectivity index (χ3n) is 3.48. The number of amides is 2. The number of nitrogens with one attached hydrogen (secondary N) is 2. The van der Waals surface area contributed by atoms with Crippen LogP contribution in [0.1, 0.15) is 18.2 Å². The van der Waals surface area contributed by atoms with Crippen molar-refractivity contribution < 1.29 is 23.4 Å². The molecule has 0 aromatic carbocycles. The molecule has 2 heterocycles. The van der Waals surface area contributed by atoms with Crippen molar-refractivity contribution in [1.82, 2.24) is 15.3 Å². The van der Waals surface area contributed by atoms with Gasteiger partial charge in [0.15, 0.2) is 5.69 Å². The summed E-state index contributed by atoms with van der Waals surface area (Å²) in [6, 6.07) is 0.897. The van der Waals surface area contributed by atoms with Crippen LogP contribution in [0, 0.1) is 5.21 Å². The van der Waals surface area contributed by atoms with Crippen molar-refractivity contribution in [3.05, 3.63) is 65.1 Å². The van der Waals surface area contributed by atoms with Crippen LogP contribution in [-0.4, -0.2) is 22.5 Å². The highest BCUT2D eigenvalue weighted by Gasteiger charge is 2.34. The fraction of sp³-hybridized carbons (Fsp3) is 0.167. The van der Waals surface area contributed by atoms with Crippen LogP contribution in [0.25, 0.3) is 16.1 Å². The maximum atomic E-state index is 13.0. The number of hydroxylamine groups is 1. The number of allylic oxidation sites excluding steroid dienone is 4. The van der Waals surface area contributed by atoms with Gasteiger partial charge < -0.3 is 16.0 Å². The number of nitrogens with two attached hydrogens (primary N) is 1. The van der Waals surface area contributed by atoms with E-state index in [9.17, 15) is 23.2 Å². The molecule has 0 radical (unpaired) electrons. The molecule has 2 aromatic rings. The van der Waals surface area contributed by atoms with Crippen LogP contribution in [-0.2, 0) is 6.18 Å². The number of halogens is 3. The molecule has 0 aliphatic carbocycles. The first kappa shape index (κ1) is 22.3. The molecule has 11 heteroatoms. The summed E-state index contributed by atoms with van der Waals surface area (Å²) < 4.78 is 39.0. The highest BCUT2D eigenvalue weighted by Crippen LogP contribution is 2.37. The fourth-order valence-electron chi connectivity index (χ4n) is 2.26. The molecule has 0 unspecified atom stereocenters. The quantitative estimate of drug-likeness (QED) is 0.466. The smallest absolute Gasteiger partial charge is 0.434 e. The lowest BCUT2D eigenvalue weighted by atomic mass is 10.0. The molecule has 4 N–H and O–H groups in total. The Morgan fingerprint density at radius 3 is 2.79 bits per heavy atom. The van der Waals surface area contributed by atoms with Gasteiger partial charge >= 0.3 is 12.2 Å². The number of nitrogens with zero attached hydrogens (tertiary/aromatic N) is 2. The van der Waals surface area contributed by atoms with Crippen LogP contribution in [0.3, 0.4) is 0 Å². The van der Waals surface area contributed by atoms with Crippen molar-refractivity contribution in [1.29, 1.82) is 0 Å². The summed E-state index contributed by atoms with van der Waals surface area (Å²) in [6.07, 6.45) is 2.64. The van der Waals surface area contributed by atoms with E-state index in [1.54, 1.807) is 19.1 Å². The van der Waals surface area contributed by atoms with Gasteiger partial charge in [-0.3, -0.25) is 5.32 Å². The Labute approximate surface area is 168 Å². The summed E-state index contributed by atoms with van der Waals surface area (Å²) in [5, 5.41) is 17.0. The molecule has 0 saturated heterocycles. The lowest BCUT2D eigenvalue weighted by Crippen LogP contribution is -2.70. The summed E-state index contributed by atoms with van der Waals surface area (Å²) >= 11 is 0.794. The van der Waals surface area contributed by atoms with Crippen LogP contribution in [0.2, 0.25) is 0 Å². The van der Waals surface area contributed by atoms with Crippen molar-refractivity contribution in [2.24, 2.45) is 0 Å². The average molecular weight is 425 g/mol. The van der Waals surface area contributed by atoms with E-state index in [4.69, 9.17) is 0 Å². The topological polar surface area (TPSA) is 107 Å². The second-order valence-corrected chi connectivity index (χ2v) is 6.35. The van der Waals surface area contributed by atoms with Gasteiger partial charge in [0.25, 0.3) is 0 Å². The predicted molar refractivity (Wildman–Crippen MR) is 106 cm³/mol. The third-order valence-corrected chi connectivity index (χ3v) is 4.35. The molecule has 0 atom stereocenters. The van der Waals surface area contributed by atoms with E-state index in [1.165, 1.54) is 24.5 Å². The molecule has 7 nitrogen and oxygen atoms in total. The molecule has 2 amide bonds. The standard InChI is InChI=1S/C18H18F3N5O2S/c1-3-5-6-11(8-24-28)13-9-23-15(26-17(27)22-4-2)7-12(13)16-25-14(10-29-16)18(19,20)21/h3,5-10H,1,4,24H2,2H3,(H2,22,23,26,27)/b6-5-,11-8+. The van der Waals surface area contributed by atoms with E-state index in [0.717, 1.165) is 16.7 Å². The molecular weight excluding hydrogens is 407 g/mol. The SMILES string of the molecule is C=C/C=C\C(=C/[NH2+][O-])c1cnc(NC(=O)NCC)cc1-c1nc(C(F)(F)F)cs1. The number of pyridine rings is 1. The van der Waals surface area contributed by atoms with E-state index in [2.05, 4.69) is 27.2 Å². The zero-order chi connectivity index (χ0) is 21.4. The number of carbonyl (C=O) groups is 1. The van der Waals surface area contributed by atoms with Gasteiger partial charge in [0.2, 0.25) is 0 Å². The first-order chi connectivity index (χ1) is 13.8. The third kappa shape index (κ3) is 5.98. The Bertz CT molecular complexity index is 938. The van der Waals surface area contributed by atoms with Crippen LogP contribution in [0.4, 0.5) is 23.8 Å². The zero-order valence-corrected chi connectivity index (χ0v) is 16.1. The number of rotatable bonds is 7. The predicted octanol–water partition coefficient (Wildman–Crippen LogP) is 3.51. The van der Waals surface area contributed by atoms with Crippen molar-refractivity contribution >= 4 is 28.8 Å². The molecule has 0 fully saturated rings. The number of aromatic nitrogens is 2. The Kier molecular flexibility index (Phi) is 7.65.